The minimum absolute atomic E-state index is 0.208. The lowest BCUT2D eigenvalue weighted by Gasteiger charge is -2.32. The maximum absolute atomic E-state index is 13.8. The summed E-state index contributed by atoms with van der Waals surface area (Å²) in [6.07, 6.45) is 2.06. The largest absolute Gasteiger partial charge is 0.372 e. The van der Waals surface area contributed by atoms with Crippen LogP contribution < -0.4 is 9.80 Å². The molecule has 0 aromatic heterocycles. The summed E-state index contributed by atoms with van der Waals surface area (Å²) in [5.74, 6) is 0.207. The number of hydrogen-bond acceptors (Lipinski definition) is 4. The first kappa shape index (κ1) is 23.1. The van der Waals surface area contributed by atoms with E-state index in [-0.39, 0.29) is 11.8 Å². The number of piperidine rings is 1. The van der Waals surface area contributed by atoms with Crippen molar-refractivity contribution in [1.82, 2.24) is 4.90 Å². The first-order valence-electron chi connectivity index (χ1n) is 12.2. The van der Waals surface area contributed by atoms with Crippen LogP contribution in [-0.2, 0) is 9.59 Å². The highest BCUT2D eigenvalue weighted by molar-refractivity contribution is 6.45. The predicted octanol–water partition coefficient (Wildman–Crippen LogP) is 5.17. The number of aryl methyl sites for hydroxylation is 2. The Bertz CT molecular complexity index is 1070. The van der Waals surface area contributed by atoms with Crippen LogP contribution in [-0.4, -0.2) is 42.9 Å². The Labute approximate surface area is 197 Å². The van der Waals surface area contributed by atoms with Crippen molar-refractivity contribution in [2.24, 2.45) is 5.92 Å². The van der Waals surface area contributed by atoms with Crippen molar-refractivity contribution in [3.63, 3.8) is 0 Å². The van der Waals surface area contributed by atoms with Crippen molar-refractivity contribution >= 4 is 28.8 Å². The molecule has 0 unspecified atom stereocenters. The van der Waals surface area contributed by atoms with E-state index in [1.807, 2.05) is 50.2 Å². The van der Waals surface area contributed by atoms with Gasteiger partial charge in [0, 0.05) is 31.9 Å². The molecule has 2 aliphatic heterocycles. The van der Waals surface area contributed by atoms with Gasteiger partial charge in [-0.1, -0.05) is 30.7 Å². The van der Waals surface area contributed by atoms with E-state index < -0.39 is 0 Å². The number of carbonyl (C=O) groups is 2. The lowest BCUT2D eigenvalue weighted by molar-refractivity contribution is -0.120. The van der Waals surface area contributed by atoms with Gasteiger partial charge < -0.3 is 9.80 Å². The maximum atomic E-state index is 13.8. The van der Waals surface area contributed by atoms with Crippen LogP contribution in [0.1, 0.15) is 50.3 Å². The Morgan fingerprint density at radius 3 is 2.12 bits per heavy atom. The summed E-state index contributed by atoms with van der Waals surface area (Å²) >= 11 is 0. The molecule has 2 amide bonds. The molecule has 5 heteroatoms. The average Bonchev–Trinajstić information content (AvgIpc) is 3.06. The summed E-state index contributed by atoms with van der Waals surface area (Å²) in [5, 5.41) is 0. The fraction of sp³-hybridized carbons (Fsp3) is 0.429. The van der Waals surface area contributed by atoms with E-state index in [1.165, 1.54) is 4.90 Å². The van der Waals surface area contributed by atoms with Crippen molar-refractivity contribution in [2.45, 2.75) is 47.5 Å². The highest BCUT2D eigenvalue weighted by atomic mass is 16.2. The first-order chi connectivity index (χ1) is 15.8. The Balaban J connectivity index is 1.76. The standard InChI is InChI=1S/C28H35N3O2/c1-6-29(7-2)22-9-11-23(12-10-22)31-27(32)25(24-13-8-20(4)18-21(24)5)26(28(31)33)30-16-14-19(3)15-17-30/h8-13,18-19H,6-7,14-17H2,1-5H3. The first-order valence-corrected chi connectivity index (χ1v) is 12.2. The second-order valence-corrected chi connectivity index (χ2v) is 9.35. The molecule has 4 rings (SSSR count). The van der Waals surface area contributed by atoms with Gasteiger partial charge in [-0.2, -0.15) is 0 Å². The molecule has 33 heavy (non-hydrogen) atoms. The highest BCUT2D eigenvalue weighted by Gasteiger charge is 2.43. The maximum Gasteiger partial charge on any atom is 0.282 e. The zero-order valence-corrected chi connectivity index (χ0v) is 20.5. The molecule has 0 aliphatic carbocycles. The number of benzene rings is 2. The van der Waals surface area contributed by atoms with Gasteiger partial charge in [-0.3, -0.25) is 9.59 Å². The summed E-state index contributed by atoms with van der Waals surface area (Å²) in [6, 6.07) is 13.9. The quantitative estimate of drug-likeness (QED) is 0.576. The summed E-state index contributed by atoms with van der Waals surface area (Å²) in [7, 11) is 0. The number of anilines is 2. The second-order valence-electron chi connectivity index (χ2n) is 9.35. The van der Waals surface area contributed by atoms with Gasteiger partial charge in [0.05, 0.1) is 11.3 Å². The summed E-state index contributed by atoms with van der Waals surface area (Å²) in [5.41, 5.74) is 5.85. The fourth-order valence-electron chi connectivity index (χ4n) is 5.02. The monoisotopic (exact) mass is 445 g/mol. The molecule has 0 saturated carbocycles. The Kier molecular flexibility index (Phi) is 6.59. The molecule has 1 fully saturated rings. The number of likely N-dealkylation sites (tertiary alicyclic amines) is 1. The zero-order chi connectivity index (χ0) is 23.7. The van der Waals surface area contributed by atoms with Gasteiger partial charge in [0.15, 0.2) is 0 Å². The van der Waals surface area contributed by atoms with Gasteiger partial charge in [0.25, 0.3) is 11.8 Å². The smallest absolute Gasteiger partial charge is 0.282 e. The number of rotatable bonds is 6. The van der Waals surface area contributed by atoms with E-state index >= 15 is 0 Å². The van der Waals surface area contributed by atoms with E-state index in [2.05, 4.69) is 36.6 Å². The molecule has 0 bridgehead atoms. The molecule has 2 heterocycles. The molecule has 1 saturated heterocycles. The summed E-state index contributed by atoms with van der Waals surface area (Å²) < 4.78 is 0. The van der Waals surface area contributed by atoms with Crippen molar-refractivity contribution in [2.75, 3.05) is 36.0 Å². The summed E-state index contributed by atoms with van der Waals surface area (Å²) in [4.78, 5) is 33.4. The second kappa shape index (κ2) is 9.42. The van der Waals surface area contributed by atoms with E-state index in [1.54, 1.807) is 0 Å². The van der Waals surface area contributed by atoms with Crippen LogP contribution in [0, 0.1) is 19.8 Å². The van der Waals surface area contributed by atoms with Gasteiger partial charge in [-0.15, -0.1) is 0 Å². The highest BCUT2D eigenvalue weighted by Crippen LogP contribution is 2.38. The minimum Gasteiger partial charge on any atom is -0.372 e. The Morgan fingerprint density at radius 1 is 0.909 bits per heavy atom. The van der Waals surface area contributed by atoms with Crippen molar-refractivity contribution in [3.8, 4) is 0 Å². The van der Waals surface area contributed by atoms with Gasteiger partial charge in [-0.05, 0) is 81.8 Å². The summed E-state index contributed by atoms with van der Waals surface area (Å²) in [6.45, 7) is 14.0. The number of nitrogens with zero attached hydrogens (tertiary/aromatic N) is 3. The molecule has 174 valence electrons. The topological polar surface area (TPSA) is 43.9 Å². The normalized spacial score (nSPS) is 17.4. The number of hydrogen-bond donors (Lipinski definition) is 0. The third-order valence-electron chi connectivity index (χ3n) is 7.05. The van der Waals surface area contributed by atoms with Gasteiger partial charge in [0.1, 0.15) is 5.70 Å². The molecular weight excluding hydrogens is 410 g/mol. The average molecular weight is 446 g/mol. The van der Waals surface area contributed by atoms with Crippen LogP contribution in [0.15, 0.2) is 48.2 Å². The molecule has 2 aromatic rings. The lowest BCUT2D eigenvalue weighted by atomic mass is 9.95. The number of imide groups is 1. The SMILES string of the molecule is CCN(CC)c1ccc(N2C(=O)C(c3ccc(C)cc3C)=C(N3CCC(C)CC3)C2=O)cc1. The molecule has 0 spiro atoms. The third-order valence-corrected chi connectivity index (χ3v) is 7.05. The number of amides is 2. The molecule has 2 aliphatic rings. The lowest BCUT2D eigenvalue weighted by Crippen LogP contribution is -2.38. The molecular formula is C28H35N3O2. The van der Waals surface area contributed by atoms with E-state index in [0.29, 0.717) is 22.9 Å². The van der Waals surface area contributed by atoms with Gasteiger partial charge in [-0.25, -0.2) is 4.90 Å². The van der Waals surface area contributed by atoms with Crippen molar-refractivity contribution in [3.05, 3.63) is 64.9 Å². The van der Waals surface area contributed by atoms with E-state index in [9.17, 15) is 9.59 Å². The van der Waals surface area contributed by atoms with Gasteiger partial charge >= 0.3 is 0 Å². The van der Waals surface area contributed by atoms with E-state index in [4.69, 9.17) is 0 Å². The van der Waals surface area contributed by atoms with Crippen molar-refractivity contribution in [1.29, 1.82) is 0 Å². The Hall–Kier alpha value is -3.08. The van der Waals surface area contributed by atoms with Crippen LogP contribution in [0.5, 0.6) is 0 Å². The third kappa shape index (κ3) is 4.29. The van der Waals surface area contributed by atoms with Crippen molar-refractivity contribution < 1.29 is 9.59 Å². The van der Waals surface area contributed by atoms with Crippen LogP contribution >= 0.6 is 0 Å². The molecule has 0 atom stereocenters. The Morgan fingerprint density at radius 2 is 1.55 bits per heavy atom. The van der Waals surface area contributed by atoms with Crippen LogP contribution in [0.4, 0.5) is 11.4 Å². The molecule has 0 radical (unpaired) electrons. The zero-order valence-electron chi connectivity index (χ0n) is 20.5. The van der Waals surface area contributed by atoms with E-state index in [0.717, 1.165) is 61.4 Å². The van der Waals surface area contributed by atoms with Gasteiger partial charge in [0.2, 0.25) is 0 Å². The fourth-order valence-corrected chi connectivity index (χ4v) is 5.02. The number of carbonyl (C=O) groups excluding carboxylic acids is 2. The van der Waals surface area contributed by atoms with Crippen LogP contribution in [0.25, 0.3) is 5.57 Å². The molecule has 0 N–H and O–H groups in total. The van der Waals surface area contributed by atoms with Crippen LogP contribution in [0.3, 0.4) is 0 Å². The molecule has 2 aromatic carbocycles. The minimum atomic E-state index is -0.226. The molecule has 5 nitrogen and oxygen atoms in total. The van der Waals surface area contributed by atoms with Crippen LogP contribution in [0.2, 0.25) is 0 Å². The predicted molar refractivity (Wildman–Crippen MR) is 135 cm³/mol.